The molecule has 0 saturated heterocycles. The lowest BCUT2D eigenvalue weighted by atomic mass is 10.1. The van der Waals surface area contributed by atoms with Crippen molar-refractivity contribution in [1.29, 1.82) is 0 Å². The van der Waals surface area contributed by atoms with Crippen molar-refractivity contribution < 1.29 is 4.42 Å². The molecule has 3 nitrogen and oxygen atoms in total. The van der Waals surface area contributed by atoms with Gasteiger partial charge < -0.3 is 9.73 Å². The van der Waals surface area contributed by atoms with Crippen LogP contribution in [0.15, 0.2) is 45.8 Å². The normalized spacial score (nSPS) is 12.6. The Hall–Kier alpha value is -1.13. The van der Waals surface area contributed by atoms with Gasteiger partial charge in [-0.1, -0.05) is 6.92 Å². The second kappa shape index (κ2) is 5.98. The molecule has 2 aromatic rings. The highest BCUT2D eigenvalue weighted by Crippen LogP contribution is 2.18. The third-order valence-corrected chi connectivity index (χ3v) is 3.05. The average molecular weight is 295 g/mol. The first-order chi connectivity index (χ1) is 8.29. The molecule has 2 rings (SSSR count). The molecule has 1 atom stereocenters. The summed E-state index contributed by atoms with van der Waals surface area (Å²) in [4.78, 5) is 4.44. The van der Waals surface area contributed by atoms with Crippen LogP contribution in [0, 0.1) is 0 Å². The van der Waals surface area contributed by atoms with Crippen molar-refractivity contribution in [2.75, 3.05) is 6.54 Å². The van der Waals surface area contributed by atoms with Crippen LogP contribution in [0.4, 0.5) is 0 Å². The van der Waals surface area contributed by atoms with Crippen LogP contribution in [0.3, 0.4) is 0 Å². The number of aromatic nitrogens is 1. The summed E-state index contributed by atoms with van der Waals surface area (Å²) >= 11 is 3.40. The first kappa shape index (κ1) is 12.3. The number of nitrogens with one attached hydrogen (secondary N) is 1. The summed E-state index contributed by atoms with van der Waals surface area (Å²) in [5.41, 5.74) is 2.23. The zero-order chi connectivity index (χ0) is 12.1. The van der Waals surface area contributed by atoms with Crippen LogP contribution >= 0.6 is 15.9 Å². The van der Waals surface area contributed by atoms with Crippen LogP contribution in [0.5, 0.6) is 0 Å². The minimum absolute atomic E-state index is 0.228. The smallest absolute Gasteiger partial charge is 0.0935 e. The molecular weight excluding hydrogens is 280 g/mol. The molecule has 90 valence electrons. The maximum atomic E-state index is 5.09. The van der Waals surface area contributed by atoms with Crippen molar-refractivity contribution in [2.45, 2.75) is 19.4 Å². The van der Waals surface area contributed by atoms with E-state index in [1.54, 1.807) is 12.5 Å². The van der Waals surface area contributed by atoms with E-state index in [1.165, 1.54) is 5.56 Å². The molecular formula is C13H15BrN2O. The molecule has 0 spiro atoms. The number of pyridine rings is 1. The maximum Gasteiger partial charge on any atom is 0.0935 e. The van der Waals surface area contributed by atoms with Crippen molar-refractivity contribution in [1.82, 2.24) is 10.3 Å². The van der Waals surface area contributed by atoms with Crippen LogP contribution in [-0.2, 0) is 6.42 Å². The molecule has 1 unspecified atom stereocenters. The van der Waals surface area contributed by atoms with E-state index in [4.69, 9.17) is 4.42 Å². The Balaban J connectivity index is 2.13. The summed E-state index contributed by atoms with van der Waals surface area (Å²) in [7, 11) is 0. The Morgan fingerprint density at radius 2 is 2.29 bits per heavy atom. The van der Waals surface area contributed by atoms with Gasteiger partial charge in [-0.15, -0.1) is 0 Å². The number of hydrogen-bond acceptors (Lipinski definition) is 3. The van der Waals surface area contributed by atoms with Gasteiger partial charge >= 0.3 is 0 Å². The fraction of sp³-hybridized carbons (Fsp3) is 0.308. The second-order valence-electron chi connectivity index (χ2n) is 3.85. The van der Waals surface area contributed by atoms with Crippen LogP contribution in [-0.4, -0.2) is 11.5 Å². The monoisotopic (exact) mass is 294 g/mol. The fourth-order valence-corrected chi connectivity index (χ4v) is 2.00. The zero-order valence-corrected chi connectivity index (χ0v) is 11.3. The number of hydrogen-bond donors (Lipinski definition) is 1. The largest absolute Gasteiger partial charge is 0.472 e. The molecule has 0 bridgehead atoms. The Kier molecular flexibility index (Phi) is 4.34. The van der Waals surface area contributed by atoms with Crippen molar-refractivity contribution in [2.24, 2.45) is 0 Å². The molecule has 0 fully saturated rings. The standard InChI is InChI=1S/C13H15BrN2O/c1-2-15-13(7-10-5-6-17-9-10)12-4-3-11(14)8-16-12/h3-6,8-9,13,15H,2,7H2,1H3. The van der Waals surface area contributed by atoms with Crippen molar-refractivity contribution in [3.63, 3.8) is 0 Å². The molecule has 2 heterocycles. The maximum absolute atomic E-state index is 5.09. The molecule has 0 saturated carbocycles. The predicted molar refractivity (Wildman–Crippen MR) is 70.8 cm³/mol. The lowest BCUT2D eigenvalue weighted by Gasteiger charge is -2.16. The Morgan fingerprint density at radius 1 is 1.41 bits per heavy atom. The van der Waals surface area contributed by atoms with Crippen molar-refractivity contribution >= 4 is 15.9 Å². The Bertz CT molecular complexity index is 439. The minimum Gasteiger partial charge on any atom is -0.472 e. The SMILES string of the molecule is CCNC(Cc1ccoc1)c1ccc(Br)cn1. The number of halogens is 1. The van der Waals surface area contributed by atoms with E-state index in [9.17, 15) is 0 Å². The van der Waals surface area contributed by atoms with Gasteiger partial charge in [-0.05, 0) is 52.7 Å². The summed E-state index contributed by atoms with van der Waals surface area (Å²) in [6.07, 6.45) is 6.20. The third-order valence-electron chi connectivity index (χ3n) is 2.58. The number of nitrogens with zero attached hydrogens (tertiary/aromatic N) is 1. The molecule has 0 aliphatic rings. The van der Waals surface area contributed by atoms with Gasteiger partial charge in [0.2, 0.25) is 0 Å². The Morgan fingerprint density at radius 3 is 2.88 bits per heavy atom. The highest BCUT2D eigenvalue weighted by molar-refractivity contribution is 9.10. The van der Waals surface area contributed by atoms with Gasteiger partial charge in [-0.3, -0.25) is 4.98 Å². The zero-order valence-electron chi connectivity index (χ0n) is 9.69. The highest BCUT2D eigenvalue weighted by Gasteiger charge is 2.12. The third kappa shape index (κ3) is 3.41. The van der Waals surface area contributed by atoms with Gasteiger partial charge in [0.05, 0.1) is 24.3 Å². The summed E-state index contributed by atoms with van der Waals surface area (Å²) < 4.78 is 6.09. The predicted octanol–water partition coefficient (Wildman–Crippen LogP) is 3.33. The van der Waals surface area contributed by atoms with E-state index >= 15 is 0 Å². The van der Waals surface area contributed by atoms with Gasteiger partial charge in [-0.25, -0.2) is 0 Å². The molecule has 1 N–H and O–H groups in total. The van der Waals surface area contributed by atoms with Gasteiger partial charge in [-0.2, -0.15) is 0 Å². The average Bonchev–Trinajstić information content (AvgIpc) is 2.82. The molecule has 0 amide bonds. The van der Waals surface area contributed by atoms with E-state index in [0.717, 1.165) is 23.1 Å². The van der Waals surface area contributed by atoms with Crippen LogP contribution in [0.1, 0.15) is 24.2 Å². The highest BCUT2D eigenvalue weighted by atomic mass is 79.9. The van der Waals surface area contributed by atoms with Crippen LogP contribution in [0.25, 0.3) is 0 Å². The second-order valence-corrected chi connectivity index (χ2v) is 4.76. The van der Waals surface area contributed by atoms with E-state index in [1.807, 2.05) is 24.4 Å². The summed E-state index contributed by atoms with van der Waals surface area (Å²) in [5.74, 6) is 0. The van der Waals surface area contributed by atoms with Crippen LogP contribution in [0.2, 0.25) is 0 Å². The molecule has 17 heavy (non-hydrogen) atoms. The molecule has 0 radical (unpaired) electrons. The lowest BCUT2D eigenvalue weighted by Crippen LogP contribution is -2.23. The van der Waals surface area contributed by atoms with Gasteiger partial charge in [0.25, 0.3) is 0 Å². The molecule has 2 aromatic heterocycles. The number of likely N-dealkylation sites (N-methyl/N-ethyl adjacent to an activating group) is 1. The Labute approximate surface area is 109 Å². The molecule has 0 aliphatic heterocycles. The van der Waals surface area contributed by atoms with Crippen molar-refractivity contribution in [3.05, 3.63) is 52.7 Å². The van der Waals surface area contributed by atoms with E-state index in [-0.39, 0.29) is 6.04 Å². The molecule has 4 heteroatoms. The molecule has 0 aliphatic carbocycles. The summed E-state index contributed by atoms with van der Waals surface area (Å²) in [5, 5.41) is 3.44. The van der Waals surface area contributed by atoms with Gasteiger partial charge in [0.15, 0.2) is 0 Å². The summed E-state index contributed by atoms with van der Waals surface area (Å²) in [6, 6.07) is 6.27. The minimum atomic E-state index is 0.228. The fourth-order valence-electron chi connectivity index (χ4n) is 1.77. The lowest BCUT2D eigenvalue weighted by molar-refractivity contribution is 0.525. The van der Waals surface area contributed by atoms with Gasteiger partial charge in [0, 0.05) is 10.7 Å². The number of rotatable bonds is 5. The summed E-state index contributed by atoms with van der Waals surface area (Å²) in [6.45, 7) is 3.02. The van der Waals surface area contributed by atoms with Gasteiger partial charge in [0.1, 0.15) is 0 Å². The van der Waals surface area contributed by atoms with E-state index in [0.29, 0.717) is 0 Å². The topological polar surface area (TPSA) is 38.1 Å². The molecule has 0 aromatic carbocycles. The first-order valence-electron chi connectivity index (χ1n) is 5.65. The van der Waals surface area contributed by atoms with Crippen LogP contribution < -0.4 is 5.32 Å². The number of furan rings is 1. The van der Waals surface area contributed by atoms with E-state index in [2.05, 4.69) is 33.2 Å². The quantitative estimate of drug-likeness (QED) is 0.919. The van der Waals surface area contributed by atoms with E-state index < -0.39 is 0 Å². The van der Waals surface area contributed by atoms with Crippen molar-refractivity contribution in [3.8, 4) is 0 Å². The first-order valence-corrected chi connectivity index (χ1v) is 6.45.